The van der Waals surface area contributed by atoms with Gasteiger partial charge < -0.3 is 0 Å². The van der Waals surface area contributed by atoms with Crippen molar-refractivity contribution in [2.24, 2.45) is 0 Å². The Bertz CT molecular complexity index is 394. The van der Waals surface area contributed by atoms with Crippen LogP contribution in [-0.2, 0) is 11.3 Å². The predicted molar refractivity (Wildman–Crippen MR) is 58.0 cm³/mol. The van der Waals surface area contributed by atoms with E-state index in [0.29, 0.717) is 6.54 Å². The van der Waals surface area contributed by atoms with Gasteiger partial charge in [0.15, 0.2) is 5.78 Å². The molecule has 0 heterocycles. The fourth-order valence-corrected chi connectivity index (χ4v) is 1.40. The third-order valence-corrected chi connectivity index (χ3v) is 2.09. The monoisotopic (exact) mass is 220 g/mol. The third kappa shape index (κ3) is 4.20. The molecule has 0 aliphatic rings. The summed E-state index contributed by atoms with van der Waals surface area (Å²) in [5, 5.41) is 8.34. The van der Waals surface area contributed by atoms with Gasteiger partial charge in [0.25, 0.3) is 0 Å². The van der Waals surface area contributed by atoms with E-state index in [-0.39, 0.29) is 24.6 Å². The summed E-state index contributed by atoms with van der Waals surface area (Å²) in [6, 6.07) is 7.96. The maximum atomic E-state index is 12.6. The maximum Gasteiger partial charge on any atom is 0.160 e. The molecular formula is C12H13FN2O. The summed E-state index contributed by atoms with van der Waals surface area (Å²) < 4.78 is 12.6. The number of carbonyl (C=O) groups excluding carboxylic acids is 1. The van der Waals surface area contributed by atoms with Gasteiger partial charge in [0, 0.05) is 6.54 Å². The van der Waals surface area contributed by atoms with Gasteiger partial charge in [0.05, 0.1) is 19.0 Å². The summed E-state index contributed by atoms with van der Waals surface area (Å²) in [6.45, 7) is 0.808. The van der Waals surface area contributed by atoms with Crippen molar-refractivity contribution in [2.45, 2.75) is 13.0 Å². The molecule has 4 heteroatoms. The molecule has 0 bridgehead atoms. The SMILES string of the molecule is CN(CC(=O)CC#N)Cc1ccc(F)cc1. The van der Waals surface area contributed by atoms with Gasteiger partial charge in [0.1, 0.15) is 5.82 Å². The Morgan fingerprint density at radius 1 is 1.44 bits per heavy atom. The zero-order chi connectivity index (χ0) is 12.0. The lowest BCUT2D eigenvalue weighted by molar-refractivity contribution is -0.119. The van der Waals surface area contributed by atoms with E-state index in [9.17, 15) is 9.18 Å². The first-order valence-electron chi connectivity index (χ1n) is 4.93. The summed E-state index contributed by atoms with van der Waals surface area (Å²) in [5.41, 5.74) is 0.939. The lowest BCUT2D eigenvalue weighted by atomic mass is 10.2. The molecule has 3 nitrogen and oxygen atoms in total. The molecule has 1 aromatic carbocycles. The van der Waals surface area contributed by atoms with Crippen LogP contribution in [0.4, 0.5) is 4.39 Å². The first-order valence-corrected chi connectivity index (χ1v) is 4.93. The van der Waals surface area contributed by atoms with Gasteiger partial charge in [0.2, 0.25) is 0 Å². The van der Waals surface area contributed by atoms with Crippen LogP contribution in [0.1, 0.15) is 12.0 Å². The van der Waals surface area contributed by atoms with Gasteiger partial charge in [-0.25, -0.2) is 4.39 Å². The molecule has 0 spiro atoms. The van der Waals surface area contributed by atoms with E-state index in [1.165, 1.54) is 12.1 Å². The number of nitrogens with zero attached hydrogens (tertiary/aromatic N) is 2. The summed E-state index contributed by atoms with van der Waals surface area (Å²) in [6.07, 6.45) is -0.0617. The van der Waals surface area contributed by atoms with E-state index in [1.54, 1.807) is 24.1 Å². The number of benzene rings is 1. The molecular weight excluding hydrogens is 207 g/mol. The summed E-state index contributed by atoms with van der Waals surface area (Å²) in [5.74, 6) is -0.376. The molecule has 0 radical (unpaired) electrons. The van der Waals surface area contributed by atoms with E-state index in [1.807, 2.05) is 6.07 Å². The second-order valence-electron chi connectivity index (χ2n) is 3.67. The smallest absolute Gasteiger partial charge is 0.160 e. The highest BCUT2D eigenvalue weighted by Crippen LogP contribution is 2.05. The molecule has 0 unspecified atom stereocenters. The fourth-order valence-electron chi connectivity index (χ4n) is 1.40. The van der Waals surface area contributed by atoms with Gasteiger partial charge in [-0.15, -0.1) is 0 Å². The van der Waals surface area contributed by atoms with Crippen LogP contribution < -0.4 is 0 Å². The molecule has 0 fully saturated rings. The molecule has 0 aliphatic heterocycles. The van der Waals surface area contributed by atoms with Crippen LogP contribution >= 0.6 is 0 Å². The molecule has 0 atom stereocenters. The second kappa shape index (κ2) is 5.99. The Morgan fingerprint density at radius 3 is 2.62 bits per heavy atom. The molecule has 0 saturated carbocycles. The minimum Gasteiger partial charge on any atom is -0.297 e. The van der Waals surface area contributed by atoms with Crippen LogP contribution in [0.3, 0.4) is 0 Å². The van der Waals surface area contributed by atoms with E-state index in [2.05, 4.69) is 0 Å². The average molecular weight is 220 g/mol. The van der Waals surface area contributed by atoms with Crippen LogP contribution in [-0.4, -0.2) is 24.3 Å². The van der Waals surface area contributed by atoms with Gasteiger partial charge in [-0.3, -0.25) is 9.69 Å². The maximum absolute atomic E-state index is 12.6. The summed E-state index contributed by atoms with van der Waals surface area (Å²) in [4.78, 5) is 13.0. The first kappa shape index (κ1) is 12.3. The number of hydrogen-bond acceptors (Lipinski definition) is 3. The zero-order valence-corrected chi connectivity index (χ0v) is 9.11. The minimum atomic E-state index is -0.271. The van der Waals surface area contributed by atoms with Crippen molar-refractivity contribution in [1.29, 1.82) is 5.26 Å². The van der Waals surface area contributed by atoms with Crippen LogP contribution in [0, 0.1) is 17.1 Å². The third-order valence-electron chi connectivity index (χ3n) is 2.09. The lowest BCUT2D eigenvalue weighted by Crippen LogP contribution is -2.25. The molecule has 0 saturated heterocycles. The molecule has 1 rings (SSSR count). The van der Waals surface area contributed by atoms with Crippen molar-refractivity contribution in [2.75, 3.05) is 13.6 Å². The van der Waals surface area contributed by atoms with Crippen molar-refractivity contribution >= 4 is 5.78 Å². The molecule has 1 aromatic rings. The van der Waals surface area contributed by atoms with Crippen LogP contribution in [0.2, 0.25) is 0 Å². The van der Waals surface area contributed by atoms with Crippen LogP contribution in [0.5, 0.6) is 0 Å². The van der Waals surface area contributed by atoms with Gasteiger partial charge in [-0.2, -0.15) is 5.26 Å². The lowest BCUT2D eigenvalue weighted by Gasteiger charge is -2.14. The molecule has 84 valence electrons. The number of ketones is 1. The Balaban J connectivity index is 2.45. The number of halogens is 1. The number of likely N-dealkylation sites (N-methyl/N-ethyl adjacent to an activating group) is 1. The molecule has 0 aliphatic carbocycles. The van der Waals surface area contributed by atoms with Crippen molar-refractivity contribution in [3.05, 3.63) is 35.6 Å². The topological polar surface area (TPSA) is 44.1 Å². The normalized spacial score (nSPS) is 10.1. The van der Waals surface area contributed by atoms with Crippen molar-refractivity contribution in [3.8, 4) is 6.07 Å². The van der Waals surface area contributed by atoms with E-state index in [4.69, 9.17) is 5.26 Å². The zero-order valence-electron chi connectivity index (χ0n) is 9.11. The number of nitriles is 1. The Hall–Kier alpha value is -1.73. The number of Topliss-reactive ketones (excluding diaryl/α,β-unsaturated/α-hetero) is 1. The van der Waals surface area contributed by atoms with E-state index in [0.717, 1.165) is 5.56 Å². The molecule has 0 aromatic heterocycles. The number of rotatable bonds is 5. The van der Waals surface area contributed by atoms with Crippen molar-refractivity contribution < 1.29 is 9.18 Å². The van der Waals surface area contributed by atoms with E-state index >= 15 is 0 Å². The van der Waals surface area contributed by atoms with Gasteiger partial charge in [-0.1, -0.05) is 12.1 Å². The molecule has 0 N–H and O–H groups in total. The van der Waals surface area contributed by atoms with Crippen LogP contribution in [0.15, 0.2) is 24.3 Å². The summed E-state index contributed by atoms with van der Waals surface area (Å²) >= 11 is 0. The number of carbonyl (C=O) groups is 1. The minimum absolute atomic E-state index is 0.0617. The van der Waals surface area contributed by atoms with Gasteiger partial charge in [-0.05, 0) is 24.7 Å². The summed E-state index contributed by atoms with van der Waals surface area (Å²) in [7, 11) is 1.79. The standard InChI is InChI=1S/C12H13FN2O/c1-15(9-12(16)6-7-14)8-10-2-4-11(13)5-3-10/h2-5H,6,8-9H2,1H3. The first-order chi connectivity index (χ1) is 7.61. The average Bonchev–Trinajstić information content (AvgIpc) is 2.21. The van der Waals surface area contributed by atoms with Crippen molar-refractivity contribution in [1.82, 2.24) is 4.90 Å². The Kier molecular flexibility index (Phi) is 4.62. The quantitative estimate of drug-likeness (QED) is 0.759. The predicted octanol–water partition coefficient (Wildman–Crippen LogP) is 1.74. The highest BCUT2D eigenvalue weighted by molar-refractivity contribution is 5.82. The largest absolute Gasteiger partial charge is 0.297 e. The highest BCUT2D eigenvalue weighted by Gasteiger charge is 2.06. The van der Waals surface area contributed by atoms with E-state index < -0.39 is 0 Å². The second-order valence-corrected chi connectivity index (χ2v) is 3.67. The van der Waals surface area contributed by atoms with Crippen molar-refractivity contribution in [3.63, 3.8) is 0 Å². The van der Waals surface area contributed by atoms with Crippen LogP contribution in [0.25, 0.3) is 0 Å². The Labute approximate surface area is 94.1 Å². The Morgan fingerprint density at radius 2 is 2.06 bits per heavy atom. The fraction of sp³-hybridized carbons (Fsp3) is 0.333. The number of hydrogen-bond donors (Lipinski definition) is 0. The molecule has 0 amide bonds. The van der Waals surface area contributed by atoms with Gasteiger partial charge >= 0.3 is 0 Å². The highest BCUT2D eigenvalue weighted by atomic mass is 19.1. The molecule has 16 heavy (non-hydrogen) atoms.